The van der Waals surface area contributed by atoms with Gasteiger partial charge < -0.3 is 9.47 Å². The largest absolute Gasteiger partial charge is 0.493 e. The summed E-state index contributed by atoms with van der Waals surface area (Å²) >= 11 is 0. The van der Waals surface area contributed by atoms with E-state index in [-0.39, 0.29) is 5.91 Å². The van der Waals surface area contributed by atoms with Crippen LogP contribution < -0.4 is 14.9 Å². The minimum Gasteiger partial charge on any atom is -0.493 e. The molecule has 0 spiro atoms. The third-order valence-corrected chi connectivity index (χ3v) is 3.00. The average molecular weight is 302 g/mol. The Morgan fingerprint density at radius 2 is 2.14 bits per heavy atom. The van der Waals surface area contributed by atoms with Crippen LogP contribution in [0.1, 0.15) is 22.8 Å². The van der Waals surface area contributed by atoms with E-state index < -0.39 is 0 Å². The number of nitrogens with zero attached hydrogens (tertiary/aromatic N) is 3. The van der Waals surface area contributed by atoms with Crippen LogP contribution in [0.15, 0.2) is 35.7 Å². The van der Waals surface area contributed by atoms with Crippen LogP contribution in [0.4, 0.5) is 0 Å². The summed E-state index contributed by atoms with van der Waals surface area (Å²) < 4.78 is 12.1. The maximum Gasteiger partial charge on any atom is 0.271 e. The maximum atomic E-state index is 12.0. The van der Waals surface area contributed by atoms with E-state index in [1.165, 1.54) is 13.3 Å². The van der Waals surface area contributed by atoms with Crippen molar-refractivity contribution < 1.29 is 14.3 Å². The number of aryl methyl sites for hydroxylation is 1. The minimum atomic E-state index is -0.333. The molecule has 0 bridgehead atoms. The third kappa shape index (κ3) is 3.63. The quantitative estimate of drug-likeness (QED) is 0.650. The lowest BCUT2D eigenvalue weighted by atomic mass is 10.2. The molecule has 22 heavy (non-hydrogen) atoms. The van der Waals surface area contributed by atoms with E-state index in [0.29, 0.717) is 17.1 Å². The third-order valence-electron chi connectivity index (χ3n) is 3.00. The number of hydrogen-bond acceptors (Lipinski definition) is 5. The minimum absolute atomic E-state index is 0.333. The van der Waals surface area contributed by atoms with Gasteiger partial charge in [0.05, 0.1) is 26.6 Å². The first-order valence-electron chi connectivity index (χ1n) is 6.75. The molecule has 0 atom stereocenters. The van der Waals surface area contributed by atoms with Gasteiger partial charge in [0.25, 0.3) is 5.91 Å². The van der Waals surface area contributed by atoms with Crippen LogP contribution >= 0.6 is 0 Å². The number of rotatable bonds is 6. The van der Waals surface area contributed by atoms with E-state index in [1.807, 2.05) is 13.1 Å². The first-order chi connectivity index (χ1) is 10.7. The first kappa shape index (κ1) is 15.6. The van der Waals surface area contributed by atoms with Gasteiger partial charge >= 0.3 is 0 Å². The molecule has 1 aromatic carbocycles. The van der Waals surface area contributed by atoms with Crippen molar-refractivity contribution in [2.75, 3.05) is 14.2 Å². The molecule has 0 saturated carbocycles. The van der Waals surface area contributed by atoms with Gasteiger partial charge in [-0.1, -0.05) is 0 Å². The number of hydrogen-bond donors (Lipinski definition) is 1. The predicted octanol–water partition coefficient (Wildman–Crippen LogP) is 1.68. The van der Waals surface area contributed by atoms with E-state index in [1.54, 1.807) is 36.2 Å². The molecular weight excluding hydrogens is 284 g/mol. The Balaban J connectivity index is 2.02. The van der Waals surface area contributed by atoms with Crippen LogP contribution in [0.3, 0.4) is 0 Å². The molecule has 2 aromatic rings. The second kappa shape index (κ2) is 7.26. The monoisotopic (exact) mass is 302 g/mol. The van der Waals surface area contributed by atoms with Crippen molar-refractivity contribution in [3.05, 3.63) is 41.7 Å². The van der Waals surface area contributed by atoms with Crippen molar-refractivity contribution in [1.29, 1.82) is 0 Å². The number of nitrogens with one attached hydrogen (secondary N) is 1. The molecule has 1 amide bonds. The fourth-order valence-electron chi connectivity index (χ4n) is 1.83. The lowest BCUT2D eigenvalue weighted by molar-refractivity contribution is 0.0954. The molecule has 0 saturated heterocycles. The zero-order chi connectivity index (χ0) is 15.9. The molecule has 0 radical (unpaired) electrons. The van der Waals surface area contributed by atoms with Gasteiger partial charge in [-0.15, -0.1) is 0 Å². The van der Waals surface area contributed by atoms with Crippen LogP contribution in [-0.2, 0) is 6.54 Å². The lowest BCUT2D eigenvalue weighted by Gasteiger charge is -2.08. The Morgan fingerprint density at radius 3 is 2.77 bits per heavy atom. The summed E-state index contributed by atoms with van der Waals surface area (Å²) in [7, 11) is 3.06. The number of amides is 1. The highest BCUT2D eigenvalue weighted by molar-refractivity contribution is 5.95. The smallest absolute Gasteiger partial charge is 0.271 e. The molecule has 1 aromatic heterocycles. The molecular formula is C15H18N4O3. The lowest BCUT2D eigenvalue weighted by Crippen LogP contribution is -2.17. The van der Waals surface area contributed by atoms with Crippen molar-refractivity contribution >= 4 is 12.1 Å². The van der Waals surface area contributed by atoms with Crippen LogP contribution in [0.2, 0.25) is 0 Å². The van der Waals surface area contributed by atoms with Crippen molar-refractivity contribution in [3.63, 3.8) is 0 Å². The molecule has 1 heterocycles. The van der Waals surface area contributed by atoms with E-state index >= 15 is 0 Å². The van der Waals surface area contributed by atoms with Crippen LogP contribution in [0.25, 0.3) is 0 Å². The molecule has 0 aliphatic rings. The second-order valence-electron chi connectivity index (χ2n) is 4.40. The number of ether oxygens (including phenoxy) is 2. The Kier molecular flexibility index (Phi) is 5.13. The normalized spacial score (nSPS) is 10.7. The van der Waals surface area contributed by atoms with E-state index in [2.05, 4.69) is 15.6 Å². The predicted molar refractivity (Wildman–Crippen MR) is 82.5 cm³/mol. The molecule has 7 nitrogen and oxygen atoms in total. The van der Waals surface area contributed by atoms with Crippen LogP contribution in [-0.4, -0.2) is 36.1 Å². The zero-order valence-corrected chi connectivity index (χ0v) is 12.7. The van der Waals surface area contributed by atoms with Crippen molar-refractivity contribution in [3.8, 4) is 11.5 Å². The first-order valence-corrected chi connectivity index (χ1v) is 6.75. The standard InChI is InChI=1S/C15H18N4O3/c1-4-19-10-11(9-17-19)8-16-18-15(20)12-5-6-13(21-2)14(7-12)22-3/h5-10H,4H2,1-3H3,(H,18,20)/b16-8-. The Hall–Kier alpha value is -2.83. The molecule has 0 fully saturated rings. The number of methoxy groups -OCH3 is 2. The zero-order valence-electron chi connectivity index (χ0n) is 12.7. The summed E-state index contributed by atoms with van der Waals surface area (Å²) in [6.07, 6.45) is 5.06. The van der Waals surface area contributed by atoms with Crippen molar-refractivity contribution in [2.24, 2.45) is 5.10 Å². The number of carbonyl (C=O) groups excluding carboxylic acids is 1. The molecule has 7 heteroatoms. The topological polar surface area (TPSA) is 77.7 Å². The summed E-state index contributed by atoms with van der Waals surface area (Å²) in [4.78, 5) is 12.0. The van der Waals surface area contributed by atoms with Gasteiger partial charge in [-0.25, -0.2) is 5.43 Å². The fraction of sp³-hybridized carbons (Fsp3) is 0.267. The van der Waals surface area contributed by atoms with Crippen LogP contribution in [0.5, 0.6) is 11.5 Å². The van der Waals surface area contributed by atoms with E-state index in [4.69, 9.17) is 9.47 Å². The second-order valence-corrected chi connectivity index (χ2v) is 4.40. The highest BCUT2D eigenvalue weighted by atomic mass is 16.5. The Morgan fingerprint density at radius 1 is 1.36 bits per heavy atom. The van der Waals surface area contributed by atoms with Gasteiger partial charge in [0, 0.05) is 23.9 Å². The number of carbonyl (C=O) groups is 1. The van der Waals surface area contributed by atoms with Crippen molar-refractivity contribution in [1.82, 2.24) is 15.2 Å². The fourth-order valence-corrected chi connectivity index (χ4v) is 1.83. The Labute approximate surface area is 128 Å². The summed E-state index contributed by atoms with van der Waals surface area (Å²) in [5.41, 5.74) is 3.70. The number of aromatic nitrogens is 2. The highest BCUT2D eigenvalue weighted by Crippen LogP contribution is 2.27. The SMILES string of the molecule is CCn1cc(/C=N\NC(=O)c2ccc(OC)c(OC)c2)cn1. The van der Waals surface area contributed by atoms with E-state index in [0.717, 1.165) is 12.1 Å². The number of benzene rings is 1. The molecule has 0 unspecified atom stereocenters. The molecule has 1 N–H and O–H groups in total. The van der Waals surface area contributed by atoms with Crippen LogP contribution in [0, 0.1) is 0 Å². The molecule has 0 aliphatic heterocycles. The highest BCUT2D eigenvalue weighted by Gasteiger charge is 2.09. The van der Waals surface area contributed by atoms with Gasteiger partial charge in [0.15, 0.2) is 11.5 Å². The molecule has 116 valence electrons. The summed E-state index contributed by atoms with van der Waals surface area (Å²) in [5, 5.41) is 8.03. The van der Waals surface area contributed by atoms with E-state index in [9.17, 15) is 4.79 Å². The van der Waals surface area contributed by atoms with Gasteiger partial charge in [-0.3, -0.25) is 9.48 Å². The summed E-state index contributed by atoms with van der Waals surface area (Å²) in [5.74, 6) is 0.720. The van der Waals surface area contributed by atoms with Gasteiger partial charge in [-0.2, -0.15) is 10.2 Å². The average Bonchev–Trinajstić information content (AvgIpc) is 3.02. The molecule has 2 rings (SSSR count). The summed E-state index contributed by atoms with van der Waals surface area (Å²) in [6, 6.07) is 4.91. The summed E-state index contributed by atoms with van der Waals surface area (Å²) in [6.45, 7) is 2.78. The maximum absolute atomic E-state index is 12.0. The Bertz CT molecular complexity index is 679. The van der Waals surface area contributed by atoms with Gasteiger partial charge in [0.2, 0.25) is 0 Å². The van der Waals surface area contributed by atoms with Gasteiger partial charge in [-0.05, 0) is 25.1 Å². The number of hydrazone groups is 1. The van der Waals surface area contributed by atoms with Gasteiger partial charge in [0.1, 0.15) is 0 Å². The molecule has 0 aliphatic carbocycles. The van der Waals surface area contributed by atoms with Crippen molar-refractivity contribution in [2.45, 2.75) is 13.5 Å².